The Morgan fingerprint density at radius 1 is 1.31 bits per heavy atom. The van der Waals surface area contributed by atoms with E-state index in [1.807, 2.05) is 36.1 Å². The summed E-state index contributed by atoms with van der Waals surface area (Å²) in [6, 6.07) is 7.73. The standard InChI is InChI=1S/C20H25N5O3S/c1-4-16-21-20-25(22-16)19(27)18(29-20)17(14-6-5-7-15(12-14)28-3)24-10-8-23(9-11-24)13(2)26/h5-7,12,17,27H,4,8-11H2,1-3H3. The highest BCUT2D eigenvalue weighted by Gasteiger charge is 2.32. The lowest BCUT2D eigenvalue weighted by molar-refractivity contribution is -0.130. The van der Waals surface area contributed by atoms with Crippen molar-refractivity contribution >= 4 is 22.2 Å². The van der Waals surface area contributed by atoms with Crippen LogP contribution in [-0.2, 0) is 11.2 Å². The van der Waals surface area contributed by atoms with Crippen LogP contribution in [0.5, 0.6) is 11.6 Å². The fraction of sp³-hybridized carbons (Fsp3) is 0.450. The fourth-order valence-corrected chi connectivity index (χ4v) is 4.89. The minimum atomic E-state index is -0.169. The van der Waals surface area contributed by atoms with E-state index < -0.39 is 0 Å². The smallest absolute Gasteiger partial charge is 0.230 e. The summed E-state index contributed by atoms with van der Waals surface area (Å²) in [7, 11) is 1.65. The van der Waals surface area contributed by atoms with E-state index in [0.717, 1.165) is 35.7 Å². The van der Waals surface area contributed by atoms with Gasteiger partial charge in [0.2, 0.25) is 16.7 Å². The number of hydrogen-bond acceptors (Lipinski definition) is 7. The monoisotopic (exact) mass is 415 g/mol. The highest BCUT2D eigenvalue weighted by atomic mass is 32.1. The Bertz CT molecular complexity index is 1020. The molecule has 1 atom stereocenters. The third kappa shape index (κ3) is 3.67. The summed E-state index contributed by atoms with van der Waals surface area (Å²) in [4.78, 5) is 21.9. The average molecular weight is 416 g/mol. The van der Waals surface area contributed by atoms with Crippen LogP contribution in [0.25, 0.3) is 4.96 Å². The molecular formula is C20H25N5O3S. The summed E-state index contributed by atoms with van der Waals surface area (Å²) < 4.78 is 6.95. The molecule has 3 aromatic rings. The molecule has 1 aromatic carbocycles. The summed E-state index contributed by atoms with van der Waals surface area (Å²) >= 11 is 1.45. The number of amides is 1. The van der Waals surface area contributed by atoms with Gasteiger partial charge in [0.15, 0.2) is 5.82 Å². The van der Waals surface area contributed by atoms with E-state index >= 15 is 0 Å². The van der Waals surface area contributed by atoms with Crippen molar-refractivity contribution in [2.45, 2.75) is 26.3 Å². The van der Waals surface area contributed by atoms with E-state index in [1.54, 1.807) is 14.0 Å². The van der Waals surface area contributed by atoms with E-state index in [1.165, 1.54) is 15.9 Å². The SMILES string of the molecule is CCc1nc2sc(C(c3cccc(OC)c3)N3CCN(C(C)=O)CC3)c(O)n2n1. The molecule has 8 nitrogen and oxygen atoms in total. The Hall–Kier alpha value is -2.65. The Labute approximate surface area is 173 Å². The van der Waals surface area contributed by atoms with E-state index in [0.29, 0.717) is 23.9 Å². The zero-order valence-corrected chi connectivity index (χ0v) is 17.6. The van der Waals surface area contributed by atoms with E-state index in [4.69, 9.17) is 4.74 Å². The van der Waals surface area contributed by atoms with Crippen LogP contribution < -0.4 is 4.74 Å². The molecule has 2 aromatic heterocycles. The van der Waals surface area contributed by atoms with E-state index in [2.05, 4.69) is 15.0 Å². The molecule has 0 spiro atoms. The predicted molar refractivity (Wildman–Crippen MR) is 111 cm³/mol. The molecule has 0 radical (unpaired) electrons. The number of carbonyl (C=O) groups is 1. The van der Waals surface area contributed by atoms with Gasteiger partial charge in [-0.05, 0) is 17.7 Å². The van der Waals surface area contributed by atoms with Crippen LogP contribution in [0, 0.1) is 0 Å². The Balaban J connectivity index is 1.75. The fourth-order valence-electron chi connectivity index (χ4n) is 3.75. The van der Waals surface area contributed by atoms with Gasteiger partial charge in [-0.2, -0.15) is 4.52 Å². The first-order chi connectivity index (χ1) is 14.0. The molecule has 0 aliphatic carbocycles. The lowest BCUT2D eigenvalue weighted by Gasteiger charge is -2.38. The highest BCUT2D eigenvalue weighted by molar-refractivity contribution is 7.17. The van der Waals surface area contributed by atoms with Gasteiger partial charge >= 0.3 is 0 Å². The maximum atomic E-state index is 11.7. The topological polar surface area (TPSA) is 83.2 Å². The summed E-state index contributed by atoms with van der Waals surface area (Å²) in [5.74, 6) is 1.70. The van der Waals surface area contributed by atoms with Crippen molar-refractivity contribution in [3.63, 3.8) is 0 Å². The third-order valence-electron chi connectivity index (χ3n) is 5.34. The molecule has 4 rings (SSSR count). The Kier molecular flexibility index (Phi) is 5.42. The van der Waals surface area contributed by atoms with Crippen molar-refractivity contribution in [3.8, 4) is 11.6 Å². The number of thiazole rings is 1. The first-order valence-corrected chi connectivity index (χ1v) is 10.5. The van der Waals surface area contributed by atoms with Gasteiger partial charge < -0.3 is 14.7 Å². The predicted octanol–water partition coefficient (Wildman–Crippen LogP) is 2.32. The number of benzene rings is 1. The molecule has 1 saturated heterocycles. The van der Waals surface area contributed by atoms with Gasteiger partial charge in [-0.1, -0.05) is 30.4 Å². The number of carbonyl (C=O) groups excluding carboxylic acids is 1. The highest BCUT2D eigenvalue weighted by Crippen LogP contribution is 2.41. The van der Waals surface area contributed by atoms with Gasteiger partial charge in [-0.25, -0.2) is 4.98 Å². The van der Waals surface area contributed by atoms with Crippen molar-refractivity contribution in [2.75, 3.05) is 33.3 Å². The molecule has 0 saturated carbocycles. The molecule has 1 aliphatic rings. The normalized spacial score (nSPS) is 16.3. The summed E-state index contributed by atoms with van der Waals surface area (Å²) in [6.07, 6.45) is 0.718. The van der Waals surface area contributed by atoms with Crippen LogP contribution in [0.3, 0.4) is 0 Å². The number of rotatable bonds is 5. The first-order valence-electron chi connectivity index (χ1n) is 9.72. The molecule has 1 aliphatic heterocycles. The lowest BCUT2D eigenvalue weighted by Crippen LogP contribution is -2.49. The Morgan fingerprint density at radius 2 is 2.07 bits per heavy atom. The zero-order valence-electron chi connectivity index (χ0n) is 16.8. The number of ether oxygens (including phenoxy) is 1. The molecule has 3 heterocycles. The number of hydrogen-bond donors (Lipinski definition) is 1. The van der Waals surface area contributed by atoms with Gasteiger partial charge in [-0.15, -0.1) is 5.10 Å². The second kappa shape index (κ2) is 8.00. The van der Waals surface area contributed by atoms with Crippen LogP contribution in [0.2, 0.25) is 0 Å². The van der Waals surface area contributed by atoms with Gasteiger partial charge in [0, 0.05) is 39.5 Å². The average Bonchev–Trinajstić information content (AvgIpc) is 3.28. The van der Waals surface area contributed by atoms with E-state index in [9.17, 15) is 9.90 Å². The third-order valence-corrected chi connectivity index (χ3v) is 6.41. The van der Waals surface area contributed by atoms with Crippen LogP contribution in [0.4, 0.5) is 0 Å². The second-order valence-electron chi connectivity index (χ2n) is 7.09. The molecule has 1 amide bonds. The van der Waals surface area contributed by atoms with Crippen molar-refractivity contribution < 1.29 is 14.6 Å². The Morgan fingerprint density at radius 3 is 2.69 bits per heavy atom. The number of aromatic hydroxyl groups is 1. The second-order valence-corrected chi connectivity index (χ2v) is 8.10. The van der Waals surface area contributed by atoms with Gasteiger partial charge in [0.05, 0.1) is 18.0 Å². The van der Waals surface area contributed by atoms with E-state index in [-0.39, 0.29) is 17.8 Å². The minimum absolute atomic E-state index is 0.0938. The molecule has 9 heteroatoms. The van der Waals surface area contributed by atoms with Crippen LogP contribution in [0.15, 0.2) is 24.3 Å². The molecule has 1 fully saturated rings. The number of methoxy groups -OCH3 is 1. The van der Waals surface area contributed by atoms with Crippen molar-refractivity contribution in [2.24, 2.45) is 0 Å². The number of aryl methyl sites for hydroxylation is 1. The molecule has 154 valence electrons. The molecule has 1 N–H and O–H groups in total. The number of aromatic nitrogens is 3. The quantitative estimate of drug-likeness (QED) is 0.689. The molecular weight excluding hydrogens is 390 g/mol. The van der Waals surface area contributed by atoms with Crippen molar-refractivity contribution in [1.82, 2.24) is 24.4 Å². The minimum Gasteiger partial charge on any atom is -0.497 e. The van der Waals surface area contributed by atoms with Crippen molar-refractivity contribution in [1.29, 1.82) is 0 Å². The lowest BCUT2D eigenvalue weighted by atomic mass is 10.0. The number of piperazine rings is 1. The maximum absolute atomic E-state index is 11.7. The van der Waals surface area contributed by atoms with Crippen LogP contribution >= 0.6 is 11.3 Å². The first kappa shape index (κ1) is 19.7. The van der Waals surface area contributed by atoms with Gasteiger partial charge in [0.1, 0.15) is 5.75 Å². The molecule has 1 unspecified atom stereocenters. The zero-order chi connectivity index (χ0) is 20.5. The van der Waals surface area contributed by atoms with Crippen LogP contribution in [-0.4, -0.2) is 68.7 Å². The summed E-state index contributed by atoms with van der Waals surface area (Å²) in [6.45, 7) is 6.36. The van der Waals surface area contributed by atoms with Crippen molar-refractivity contribution in [3.05, 3.63) is 40.5 Å². The number of nitrogens with zero attached hydrogens (tertiary/aromatic N) is 5. The number of fused-ring (bicyclic) bond motifs is 1. The largest absolute Gasteiger partial charge is 0.497 e. The van der Waals surface area contributed by atoms with Crippen LogP contribution in [0.1, 0.15) is 36.2 Å². The molecule has 29 heavy (non-hydrogen) atoms. The maximum Gasteiger partial charge on any atom is 0.230 e. The van der Waals surface area contributed by atoms with Gasteiger partial charge in [-0.3, -0.25) is 9.69 Å². The summed E-state index contributed by atoms with van der Waals surface area (Å²) in [5.41, 5.74) is 1.02. The van der Waals surface area contributed by atoms with Gasteiger partial charge in [0.25, 0.3) is 0 Å². The summed E-state index contributed by atoms with van der Waals surface area (Å²) in [5, 5.41) is 15.4. The molecule has 0 bridgehead atoms.